The van der Waals surface area contributed by atoms with Crippen LogP contribution in [0.3, 0.4) is 0 Å². The molecule has 0 bridgehead atoms. The molecule has 6 nitrogen and oxygen atoms in total. The molecule has 0 saturated carbocycles. The smallest absolute Gasteiger partial charge is 0.394 e. The molecule has 0 spiro atoms. The third-order valence-corrected chi connectivity index (χ3v) is 4.21. The van der Waals surface area contributed by atoms with Crippen LogP contribution in [0.2, 0.25) is 0 Å². The van der Waals surface area contributed by atoms with Crippen molar-refractivity contribution in [1.82, 2.24) is 9.80 Å². The topological polar surface area (TPSA) is 77.9 Å². The van der Waals surface area contributed by atoms with Crippen molar-refractivity contribution in [1.29, 1.82) is 0 Å². The minimum atomic E-state index is -1.44. The standard InChI is InChI=1S/C15H16N2O4/c18-13(12-9-10-3-1-2-4-11(10)12)16-5-7-17(8-6-16)14(19)15(20)21/h1-4,12H,5-9H2,(H,20,21). The van der Waals surface area contributed by atoms with Crippen molar-refractivity contribution in [2.75, 3.05) is 26.2 Å². The highest BCUT2D eigenvalue weighted by atomic mass is 16.4. The Morgan fingerprint density at radius 1 is 1.00 bits per heavy atom. The number of fused-ring (bicyclic) bond motifs is 1. The Kier molecular flexibility index (Phi) is 3.37. The number of aliphatic carboxylic acids is 1. The van der Waals surface area contributed by atoms with E-state index < -0.39 is 11.9 Å². The first-order valence-corrected chi connectivity index (χ1v) is 6.96. The zero-order valence-electron chi connectivity index (χ0n) is 11.5. The Hall–Kier alpha value is -2.37. The summed E-state index contributed by atoms with van der Waals surface area (Å²) in [5, 5.41) is 8.68. The molecule has 2 aliphatic rings. The van der Waals surface area contributed by atoms with Gasteiger partial charge in [-0.1, -0.05) is 24.3 Å². The van der Waals surface area contributed by atoms with E-state index in [1.807, 2.05) is 24.3 Å². The number of amides is 2. The molecule has 1 saturated heterocycles. The van der Waals surface area contributed by atoms with Gasteiger partial charge in [0.15, 0.2) is 0 Å². The third kappa shape index (κ3) is 2.37. The van der Waals surface area contributed by atoms with E-state index in [1.54, 1.807) is 4.90 Å². The first kappa shape index (κ1) is 13.6. The Morgan fingerprint density at radius 2 is 1.62 bits per heavy atom. The summed E-state index contributed by atoms with van der Waals surface area (Å²) in [6.07, 6.45) is 0.767. The van der Waals surface area contributed by atoms with Crippen LogP contribution in [0.15, 0.2) is 24.3 Å². The average molecular weight is 288 g/mol. The molecule has 1 aromatic rings. The largest absolute Gasteiger partial charge is 0.474 e. The van der Waals surface area contributed by atoms with Crippen LogP contribution in [0.25, 0.3) is 0 Å². The van der Waals surface area contributed by atoms with E-state index >= 15 is 0 Å². The van der Waals surface area contributed by atoms with Gasteiger partial charge in [0.05, 0.1) is 5.92 Å². The fourth-order valence-electron chi connectivity index (χ4n) is 2.96. The maximum atomic E-state index is 12.5. The third-order valence-electron chi connectivity index (χ3n) is 4.21. The number of carbonyl (C=O) groups excluding carboxylic acids is 2. The summed E-state index contributed by atoms with van der Waals surface area (Å²) in [4.78, 5) is 37.5. The maximum absolute atomic E-state index is 12.5. The summed E-state index contributed by atoms with van der Waals surface area (Å²) >= 11 is 0. The molecule has 1 aliphatic heterocycles. The molecule has 1 atom stereocenters. The van der Waals surface area contributed by atoms with Gasteiger partial charge in [0.25, 0.3) is 0 Å². The number of benzene rings is 1. The monoisotopic (exact) mass is 288 g/mol. The second-order valence-corrected chi connectivity index (χ2v) is 5.38. The van der Waals surface area contributed by atoms with Crippen LogP contribution in [0.5, 0.6) is 0 Å². The average Bonchev–Trinajstić information content (AvgIpc) is 2.47. The molecule has 1 heterocycles. The number of hydrogen-bond acceptors (Lipinski definition) is 3. The van der Waals surface area contributed by atoms with Crippen LogP contribution in [0.4, 0.5) is 0 Å². The molecule has 0 aromatic heterocycles. The van der Waals surface area contributed by atoms with Crippen LogP contribution in [0.1, 0.15) is 17.0 Å². The molecular formula is C15H16N2O4. The summed E-state index contributed by atoms with van der Waals surface area (Å²) < 4.78 is 0. The highest BCUT2D eigenvalue weighted by molar-refractivity contribution is 6.31. The van der Waals surface area contributed by atoms with Gasteiger partial charge in [-0.25, -0.2) is 4.79 Å². The van der Waals surface area contributed by atoms with Gasteiger partial charge < -0.3 is 14.9 Å². The minimum Gasteiger partial charge on any atom is -0.474 e. The first-order chi connectivity index (χ1) is 10.1. The SMILES string of the molecule is O=C(O)C(=O)N1CCN(C(=O)C2Cc3ccccc32)CC1. The molecule has 0 radical (unpaired) electrons. The predicted octanol–water partition coefficient (Wildman–Crippen LogP) is 0.0817. The molecule has 2 amide bonds. The Morgan fingerprint density at radius 3 is 2.24 bits per heavy atom. The number of rotatable bonds is 1. The normalized spacial score (nSPS) is 20.5. The highest BCUT2D eigenvalue weighted by Gasteiger charge is 2.36. The molecule has 3 rings (SSSR count). The number of carboxylic acid groups (broad SMARTS) is 1. The van der Waals surface area contributed by atoms with Crippen LogP contribution < -0.4 is 0 Å². The van der Waals surface area contributed by atoms with E-state index in [-0.39, 0.29) is 24.9 Å². The number of nitrogens with zero attached hydrogens (tertiary/aromatic N) is 2. The molecule has 1 aliphatic carbocycles. The van der Waals surface area contributed by atoms with Crippen LogP contribution in [0, 0.1) is 0 Å². The van der Waals surface area contributed by atoms with Gasteiger partial charge in [-0.2, -0.15) is 0 Å². The molecule has 21 heavy (non-hydrogen) atoms. The van der Waals surface area contributed by atoms with Gasteiger partial charge in [0.2, 0.25) is 5.91 Å². The summed E-state index contributed by atoms with van der Waals surface area (Å²) in [5.41, 5.74) is 2.31. The van der Waals surface area contributed by atoms with Gasteiger partial charge in [-0.3, -0.25) is 9.59 Å². The van der Waals surface area contributed by atoms with E-state index in [0.717, 1.165) is 12.0 Å². The lowest BCUT2D eigenvalue weighted by molar-refractivity contribution is -0.157. The first-order valence-electron chi connectivity index (χ1n) is 6.96. The zero-order valence-corrected chi connectivity index (χ0v) is 11.5. The van der Waals surface area contributed by atoms with Gasteiger partial charge in [0, 0.05) is 26.2 Å². The van der Waals surface area contributed by atoms with Crippen LogP contribution >= 0.6 is 0 Å². The second kappa shape index (κ2) is 5.20. The molecule has 6 heteroatoms. The summed E-state index contributed by atoms with van der Waals surface area (Å²) in [6, 6.07) is 7.91. The van der Waals surface area contributed by atoms with Crippen molar-refractivity contribution < 1.29 is 19.5 Å². The quantitative estimate of drug-likeness (QED) is 0.742. The Balaban J connectivity index is 1.60. The Labute approximate surface area is 122 Å². The molecule has 1 N–H and O–H groups in total. The molecular weight excluding hydrogens is 272 g/mol. The molecule has 1 fully saturated rings. The number of piperazine rings is 1. The van der Waals surface area contributed by atoms with Gasteiger partial charge >= 0.3 is 11.9 Å². The lowest BCUT2D eigenvalue weighted by Crippen LogP contribution is -2.53. The summed E-state index contributed by atoms with van der Waals surface area (Å²) in [7, 11) is 0. The van der Waals surface area contributed by atoms with Gasteiger partial charge in [-0.05, 0) is 17.5 Å². The molecule has 110 valence electrons. The number of carbonyl (C=O) groups is 3. The molecule has 1 unspecified atom stereocenters. The fraction of sp³-hybridized carbons (Fsp3) is 0.400. The van der Waals surface area contributed by atoms with Crippen molar-refractivity contribution in [2.24, 2.45) is 0 Å². The fourth-order valence-corrected chi connectivity index (χ4v) is 2.96. The van der Waals surface area contributed by atoms with E-state index in [0.29, 0.717) is 13.1 Å². The van der Waals surface area contributed by atoms with Crippen molar-refractivity contribution in [3.05, 3.63) is 35.4 Å². The second-order valence-electron chi connectivity index (χ2n) is 5.38. The predicted molar refractivity (Wildman–Crippen MR) is 73.7 cm³/mol. The van der Waals surface area contributed by atoms with E-state index in [4.69, 9.17) is 5.11 Å². The van der Waals surface area contributed by atoms with Crippen molar-refractivity contribution >= 4 is 17.8 Å². The van der Waals surface area contributed by atoms with E-state index in [1.165, 1.54) is 10.5 Å². The summed E-state index contributed by atoms with van der Waals surface area (Å²) in [6.45, 7) is 1.36. The number of hydrogen-bond donors (Lipinski definition) is 1. The maximum Gasteiger partial charge on any atom is 0.394 e. The van der Waals surface area contributed by atoms with Crippen molar-refractivity contribution in [3.63, 3.8) is 0 Å². The van der Waals surface area contributed by atoms with E-state index in [2.05, 4.69) is 0 Å². The zero-order chi connectivity index (χ0) is 15.0. The lowest BCUT2D eigenvalue weighted by Gasteiger charge is -2.38. The minimum absolute atomic E-state index is 0.0797. The van der Waals surface area contributed by atoms with Gasteiger partial charge in [0.1, 0.15) is 0 Å². The van der Waals surface area contributed by atoms with E-state index in [9.17, 15) is 14.4 Å². The van der Waals surface area contributed by atoms with Gasteiger partial charge in [-0.15, -0.1) is 0 Å². The van der Waals surface area contributed by atoms with Crippen molar-refractivity contribution in [2.45, 2.75) is 12.3 Å². The number of carboxylic acids is 1. The van der Waals surface area contributed by atoms with Crippen LogP contribution in [-0.2, 0) is 20.8 Å². The lowest BCUT2D eigenvalue weighted by atomic mass is 9.77. The Bertz CT molecular complexity index is 605. The molecule has 1 aromatic carbocycles. The van der Waals surface area contributed by atoms with Crippen LogP contribution in [-0.4, -0.2) is 58.9 Å². The van der Waals surface area contributed by atoms with Crippen molar-refractivity contribution in [3.8, 4) is 0 Å². The summed E-state index contributed by atoms with van der Waals surface area (Å²) in [5.74, 6) is -2.34. The highest BCUT2D eigenvalue weighted by Crippen LogP contribution is 2.36.